The van der Waals surface area contributed by atoms with Gasteiger partial charge in [0.2, 0.25) is 5.91 Å². The van der Waals surface area contributed by atoms with Gasteiger partial charge in [-0.1, -0.05) is 0 Å². The van der Waals surface area contributed by atoms with Crippen LogP contribution in [0.1, 0.15) is 23.3 Å². The lowest BCUT2D eigenvalue weighted by Crippen LogP contribution is -2.38. The van der Waals surface area contributed by atoms with Crippen molar-refractivity contribution in [2.24, 2.45) is 5.41 Å². The standard InChI is InChI=1S/C13H20N2OS/c1-10-4-8-17-11(10)3-7-15-12(16)13(5-6-13)9-14-2/h4,8,14H,3,5-7,9H2,1-2H3,(H,15,16). The Labute approximate surface area is 107 Å². The molecule has 2 N–H and O–H groups in total. The minimum Gasteiger partial charge on any atom is -0.355 e. The van der Waals surface area contributed by atoms with Gasteiger partial charge in [-0.05, 0) is 50.2 Å². The maximum Gasteiger partial charge on any atom is 0.227 e. The first kappa shape index (κ1) is 12.6. The molecular weight excluding hydrogens is 232 g/mol. The number of carbonyl (C=O) groups excluding carboxylic acids is 1. The van der Waals surface area contributed by atoms with E-state index < -0.39 is 0 Å². The summed E-state index contributed by atoms with van der Waals surface area (Å²) in [5.74, 6) is 0.223. The van der Waals surface area contributed by atoms with Crippen molar-refractivity contribution in [3.63, 3.8) is 0 Å². The van der Waals surface area contributed by atoms with Crippen LogP contribution >= 0.6 is 11.3 Å². The van der Waals surface area contributed by atoms with E-state index in [9.17, 15) is 4.79 Å². The fourth-order valence-corrected chi connectivity index (χ4v) is 3.02. The summed E-state index contributed by atoms with van der Waals surface area (Å²) in [6.45, 7) is 3.68. The van der Waals surface area contributed by atoms with Crippen molar-refractivity contribution in [1.82, 2.24) is 10.6 Å². The van der Waals surface area contributed by atoms with Gasteiger partial charge in [-0.25, -0.2) is 0 Å². The molecule has 0 aliphatic heterocycles. The summed E-state index contributed by atoms with van der Waals surface area (Å²) >= 11 is 1.77. The van der Waals surface area contributed by atoms with Gasteiger partial charge in [-0.15, -0.1) is 11.3 Å². The van der Waals surface area contributed by atoms with E-state index in [4.69, 9.17) is 0 Å². The minimum atomic E-state index is -0.0980. The SMILES string of the molecule is CNCC1(C(=O)NCCc2sccc2C)CC1. The smallest absolute Gasteiger partial charge is 0.227 e. The predicted octanol–water partition coefficient (Wildman–Crippen LogP) is 1.71. The first-order valence-corrected chi connectivity index (χ1v) is 7.02. The van der Waals surface area contributed by atoms with Crippen molar-refractivity contribution in [2.75, 3.05) is 20.1 Å². The topological polar surface area (TPSA) is 41.1 Å². The first-order valence-electron chi connectivity index (χ1n) is 6.14. The van der Waals surface area contributed by atoms with Gasteiger partial charge >= 0.3 is 0 Å². The van der Waals surface area contributed by atoms with Gasteiger partial charge in [0, 0.05) is 18.0 Å². The molecule has 1 aromatic heterocycles. The largest absolute Gasteiger partial charge is 0.355 e. The third-order valence-electron chi connectivity index (χ3n) is 3.46. The highest BCUT2D eigenvalue weighted by molar-refractivity contribution is 7.10. The van der Waals surface area contributed by atoms with Gasteiger partial charge in [-0.3, -0.25) is 4.79 Å². The van der Waals surface area contributed by atoms with Gasteiger partial charge < -0.3 is 10.6 Å². The third-order valence-corrected chi connectivity index (χ3v) is 4.54. The summed E-state index contributed by atoms with van der Waals surface area (Å²) in [7, 11) is 1.91. The Morgan fingerprint density at radius 1 is 1.53 bits per heavy atom. The highest BCUT2D eigenvalue weighted by atomic mass is 32.1. The molecule has 1 saturated carbocycles. The molecule has 0 unspecified atom stereocenters. The van der Waals surface area contributed by atoms with Crippen LogP contribution in [0.15, 0.2) is 11.4 Å². The van der Waals surface area contributed by atoms with E-state index in [0.29, 0.717) is 0 Å². The molecule has 2 rings (SSSR count). The molecule has 1 aliphatic rings. The van der Waals surface area contributed by atoms with Crippen molar-refractivity contribution in [3.8, 4) is 0 Å². The number of rotatable bonds is 6. The van der Waals surface area contributed by atoms with Crippen molar-refractivity contribution in [3.05, 3.63) is 21.9 Å². The Morgan fingerprint density at radius 3 is 2.82 bits per heavy atom. The molecular formula is C13H20N2OS. The molecule has 1 aliphatic carbocycles. The zero-order valence-electron chi connectivity index (χ0n) is 10.5. The molecule has 0 aromatic carbocycles. The Hall–Kier alpha value is -0.870. The number of amides is 1. The van der Waals surface area contributed by atoms with Crippen LogP contribution < -0.4 is 10.6 Å². The molecule has 1 aromatic rings. The molecule has 17 heavy (non-hydrogen) atoms. The van der Waals surface area contributed by atoms with Crippen molar-refractivity contribution < 1.29 is 4.79 Å². The van der Waals surface area contributed by atoms with Crippen molar-refractivity contribution in [1.29, 1.82) is 0 Å². The minimum absolute atomic E-state index is 0.0980. The second kappa shape index (κ2) is 5.19. The van der Waals surface area contributed by atoms with Crippen LogP contribution in [0.2, 0.25) is 0 Å². The zero-order chi connectivity index (χ0) is 12.3. The average Bonchev–Trinajstić information content (AvgIpc) is 2.98. The van der Waals surface area contributed by atoms with Gasteiger partial charge in [0.25, 0.3) is 0 Å². The molecule has 0 atom stereocenters. The van der Waals surface area contributed by atoms with Gasteiger partial charge in [-0.2, -0.15) is 0 Å². The van der Waals surface area contributed by atoms with Gasteiger partial charge in [0.15, 0.2) is 0 Å². The Balaban J connectivity index is 1.76. The van der Waals surface area contributed by atoms with Crippen LogP contribution in [0, 0.1) is 12.3 Å². The van der Waals surface area contributed by atoms with E-state index in [1.165, 1.54) is 10.4 Å². The second-order valence-electron chi connectivity index (χ2n) is 4.84. The van der Waals surface area contributed by atoms with Crippen LogP contribution in [-0.4, -0.2) is 26.0 Å². The molecule has 94 valence electrons. The van der Waals surface area contributed by atoms with Crippen LogP contribution in [0.5, 0.6) is 0 Å². The molecule has 0 spiro atoms. The fourth-order valence-electron chi connectivity index (χ4n) is 2.11. The monoisotopic (exact) mass is 252 g/mol. The summed E-state index contributed by atoms with van der Waals surface area (Å²) in [5.41, 5.74) is 1.24. The number of carbonyl (C=O) groups is 1. The molecule has 0 radical (unpaired) electrons. The van der Waals surface area contributed by atoms with Crippen LogP contribution in [0.4, 0.5) is 0 Å². The lowest BCUT2D eigenvalue weighted by molar-refractivity contribution is -0.126. The molecule has 1 fully saturated rings. The van der Waals surface area contributed by atoms with E-state index in [1.807, 2.05) is 7.05 Å². The summed E-state index contributed by atoms with van der Waals surface area (Å²) in [4.78, 5) is 13.4. The molecule has 1 amide bonds. The molecule has 4 heteroatoms. The Kier molecular flexibility index (Phi) is 3.84. The van der Waals surface area contributed by atoms with E-state index in [2.05, 4.69) is 29.0 Å². The highest BCUT2D eigenvalue weighted by Gasteiger charge is 2.48. The van der Waals surface area contributed by atoms with E-state index in [-0.39, 0.29) is 11.3 Å². The fraction of sp³-hybridized carbons (Fsp3) is 0.615. The van der Waals surface area contributed by atoms with Crippen LogP contribution in [0.3, 0.4) is 0 Å². The zero-order valence-corrected chi connectivity index (χ0v) is 11.3. The Morgan fingerprint density at radius 2 is 2.29 bits per heavy atom. The number of thiophene rings is 1. The average molecular weight is 252 g/mol. The maximum absolute atomic E-state index is 12.0. The van der Waals surface area contributed by atoms with Crippen molar-refractivity contribution >= 4 is 17.2 Å². The van der Waals surface area contributed by atoms with Crippen LogP contribution in [0.25, 0.3) is 0 Å². The quantitative estimate of drug-likeness (QED) is 0.809. The molecule has 3 nitrogen and oxygen atoms in total. The lowest BCUT2D eigenvalue weighted by Gasteiger charge is -2.14. The first-order chi connectivity index (χ1) is 8.18. The number of hydrogen-bond acceptors (Lipinski definition) is 3. The van der Waals surface area contributed by atoms with Gasteiger partial charge in [0.05, 0.1) is 5.41 Å². The summed E-state index contributed by atoms with van der Waals surface area (Å²) < 4.78 is 0. The van der Waals surface area contributed by atoms with Crippen LogP contribution in [-0.2, 0) is 11.2 Å². The Bertz CT molecular complexity index is 396. The highest BCUT2D eigenvalue weighted by Crippen LogP contribution is 2.45. The molecule has 0 bridgehead atoms. The summed E-state index contributed by atoms with van der Waals surface area (Å²) in [6.07, 6.45) is 3.00. The maximum atomic E-state index is 12.0. The van der Waals surface area contributed by atoms with E-state index in [0.717, 1.165) is 32.4 Å². The lowest BCUT2D eigenvalue weighted by atomic mass is 10.1. The van der Waals surface area contributed by atoms with Gasteiger partial charge in [0.1, 0.15) is 0 Å². The number of hydrogen-bond donors (Lipinski definition) is 2. The van der Waals surface area contributed by atoms with Crippen molar-refractivity contribution in [2.45, 2.75) is 26.2 Å². The third kappa shape index (κ3) is 2.87. The molecule has 1 heterocycles. The number of aryl methyl sites for hydroxylation is 1. The number of nitrogens with one attached hydrogen (secondary N) is 2. The second-order valence-corrected chi connectivity index (χ2v) is 5.84. The summed E-state index contributed by atoms with van der Waals surface area (Å²) in [5, 5.41) is 8.28. The summed E-state index contributed by atoms with van der Waals surface area (Å²) in [6, 6.07) is 2.13. The molecule has 0 saturated heterocycles. The van der Waals surface area contributed by atoms with E-state index in [1.54, 1.807) is 11.3 Å². The normalized spacial score (nSPS) is 16.8. The predicted molar refractivity (Wildman–Crippen MR) is 71.4 cm³/mol. The van der Waals surface area contributed by atoms with E-state index >= 15 is 0 Å².